The van der Waals surface area contributed by atoms with Crippen LogP contribution in [0.25, 0.3) is 10.4 Å². The molecule has 3 aliphatic rings. The first-order chi connectivity index (χ1) is 34.7. The number of aromatic nitrogens is 1. The van der Waals surface area contributed by atoms with Crippen LogP contribution in [0.1, 0.15) is 88.4 Å². The fourth-order valence-corrected chi connectivity index (χ4v) is 9.27. The Labute approximate surface area is 427 Å². The number of rotatable bonds is 19. The highest BCUT2D eigenvalue weighted by molar-refractivity contribution is 7.13. The average Bonchev–Trinajstić information content (AvgIpc) is 3.96. The molecule has 2 saturated heterocycles. The van der Waals surface area contributed by atoms with E-state index in [0.717, 1.165) is 21.0 Å². The van der Waals surface area contributed by atoms with Gasteiger partial charge in [-0.3, -0.25) is 28.9 Å². The van der Waals surface area contributed by atoms with E-state index in [2.05, 4.69) is 32.8 Å². The largest absolute Gasteiger partial charge is 0.509 e. The molecule has 394 valence electrons. The number of hydrogen-bond acceptors (Lipinski definition) is 16. The topological polar surface area (TPSA) is 290 Å². The number of nitrogens with zero attached hydrogens (tertiary/aromatic N) is 4. The van der Waals surface area contributed by atoms with Gasteiger partial charge in [0, 0.05) is 56.0 Å². The first-order valence-electron chi connectivity index (χ1n) is 24.0. The highest BCUT2D eigenvalue weighted by atomic mass is 32.1. The maximum absolute atomic E-state index is 14.2. The number of esters is 1. The minimum Gasteiger partial charge on any atom is -0.461 e. The van der Waals surface area contributed by atoms with Gasteiger partial charge >= 0.3 is 24.2 Å². The van der Waals surface area contributed by atoms with E-state index in [1.54, 1.807) is 55.4 Å². The van der Waals surface area contributed by atoms with E-state index in [9.17, 15) is 43.5 Å². The summed E-state index contributed by atoms with van der Waals surface area (Å²) in [6.45, 7) is 11.9. The van der Waals surface area contributed by atoms with E-state index in [-0.39, 0.29) is 63.1 Å². The molecule has 0 spiro atoms. The number of nitrogens with two attached hydrogens (primary N) is 1. The number of urea groups is 1. The Morgan fingerprint density at radius 3 is 2.23 bits per heavy atom. The maximum Gasteiger partial charge on any atom is 0.509 e. The third-order valence-electron chi connectivity index (χ3n) is 12.7. The number of aliphatic hydroxyl groups is 1. The zero-order valence-corrected chi connectivity index (χ0v) is 42.5. The van der Waals surface area contributed by atoms with E-state index >= 15 is 0 Å². The molecule has 4 unspecified atom stereocenters. The van der Waals surface area contributed by atoms with Crippen LogP contribution >= 0.6 is 11.3 Å². The predicted octanol–water partition coefficient (Wildman–Crippen LogP) is 4.04. The Bertz CT molecular complexity index is 2490. The normalized spacial score (nSPS) is 18.7. The molecule has 0 bridgehead atoms. The van der Waals surface area contributed by atoms with Crippen molar-refractivity contribution in [1.29, 1.82) is 0 Å². The Morgan fingerprint density at radius 2 is 1.64 bits per heavy atom. The molecular formula is C50H65N9O13S. The molecule has 23 heteroatoms. The van der Waals surface area contributed by atoms with Crippen LogP contribution in [-0.2, 0) is 42.9 Å². The standard InChI is InChI=1S/C50H65N9O13S/c1-7-26-69-45(65)50(19-9-20-50)44(64)55-36(10-8-21-52-46(51)66)41(61)54-34-17-15-31(16-18-34)38(43(63)58-24-22-57(6)23-25-58)71-48(68)70-35-27-37(59(28-35)47(67)72-49(3,4)5)42(62)56-40(60)33-13-11-32(12-14-33)39-30(2)53-29-73-39/h7,11-18,29,35-38,40,60H,1,8-10,19-28H2,2-6H3,(H,54,61)(H,55,64)(H,56,62)(H3,51,52,66)/t35?,36-,37?,38?,40?/m0/s1. The van der Waals surface area contributed by atoms with E-state index in [1.165, 1.54) is 41.7 Å². The lowest BCUT2D eigenvalue weighted by molar-refractivity contribution is -0.167. The number of carbonyl (C=O) groups is 8. The van der Waals surface area contributed by atoms with Crippen molar-refractivity contribution in [3.05, 3.63) is 83.5 Å². The van der Waals surface area contributed by atoms with Crippen LogP contribution in [0.5, 0.6) is 0 Å². The van der Waals surface area contributed by atoms with Crippen LogP contribution in [0, 0.1) is 12.3 Å². The molecule has 3 heterocycles. The number of anilines is 1. The molecular weight excluding hydrogens is 967 g/mol. The molecule has 1 aliphatic carbocycles. The van der Waals surface area contributed by atoms with Gasteiger partial charge in [-0.2, -0.15) is 0 Å². The smallest absolute Gasteiger partial charge is 0.461 e. The van der Waals surface area contributed by atoms with E-state index in [4.69, 9.17) is 24.7 Å². The van der Waals surface area contributed by atoms with Crippen LogP contribution in [0.15, 0.2) is 66.7 Å². The lowest BCUT2D eigenvalue weighted by atomic mass is 9.68. The summed E-state index contributed by atoms with van der Waals surface area (Å²) in [6.07, 6.45) is -3.68. The van der Waals surface area contributed by atoms with Gasteiger partial charge in [-0.15, -0.1) is 11.3 Å². The molecule has 5 atom stereocenters. The molecule has 3 fully saturated rings. The highest BCUT2D eigenvalue weighted by Gasteiger charge is 2.53. The third-order valence-corrected chi connectivity index (χ3v) is 13.6. The van der Waals surface area contributed by atoms with Gasteiger partial charge in [0.25, 0.3) is 5.91 Å². The van der Waals surface area contributed by atoms with Crippen LogP contribution in [-0.4, -0.2) is 149 Å². The number of benzene rings is 2. The SMILES string of the molecule is C=CCOC(=O)C1(C(=O)N[C@@H](CCCNC(N)=O)C(=O)Nc2ccc(C(OC(=O)OC3CC(C(=O)NC(O)c4ccc(-c5scnc5C)cc4)N(C(=O)OC(C)(C)C)C3)C(=O)N3CCN(C)CC3)cc2)CCC1. The molecule has 6 rings (SSSR count). The van der Waals surface area contributed by atoms with Gasteiger partial charge in [0.1, 0.15) is 35.8 Å². The fourth-order valence-electron chi connectivity index (χ4n) is 8.46. The van der Waals surface area contributed by atoms with E-state index in [1.807, 2.05) is 18.9 Å². The maximum atomic E-state index is 14.2. The molecule has 2 aromatic carbocycles. The van der Waals surface area contributed by atoms with E-state index < -0.39 is 89.4 Å². The van der Waals surface area contributed by atoms with Crippen molar-refractivity contribution >= 4 is 64.9 Å². The Morgan fingerprint density at radius 1 is 0.973 bits per heavy atom. The summed E-state index contributed by atoms with van der Waals surface area (Å²) in [5.74, 6) is -3.32. The Kier molecular flexibility index (Phi) is 18.6. The van der Waals surface area contributed by atoms with Gasteiger partial charge in [-0.1, -0.05) is 55.5 Å². The second-order valence-electron chi connectivity index (χ2n) is 19.2. The summed E-state index contributed by atoms with van der Waals surface area (Å²) in [5, 5.41) is 21.5. The van der Waals surface area contributed by atoms with Crippen LogP contribution < -0.4 is 27.0 Å². The zero-order valence-electron chi connectivity index (χ0n) is 41.7. The monoisotopic (exact) mass is 1030 g/mol. The summed E-state index contributed by atoms with van der Waals surface area (Å²) in [4.78, 5) is 117. The number of likely N-dealkylation sites (tertiary alicyclic amines) is 1. The van der Waals surface area contributed by atoms with Crippen LogP contribution in [0.2, 0.25) is 0 Å². The summed E-state index contributed by atoms with van der Waals surface area (Å²) in [6, 6.07) is 9.66. The quantitative estimate of drug-likeness (QED) is 0.0247. The molecule has 1 aromatic heterocycles. The van der Waals surface area contributed by atoms with Crippen molar-refractivity contribution in [2.75, 3.05) is 58.2 Å². The number of hydrogen-bond donors (Lipinski definition) is 6. The number of amides is 7. The Hall–Kier alpha value is -7.11. The zero-order chi connectivity index (χ0) is 53.0. The van der Waals surface area contributed by atoms with Crippen LogP contribution in [0.3, 0.4) is 0 Å². The molecule has 1 saturated carbocycles. The lowest BCUT2D eigenvalue weighted by Gasteiger charge is -2.38. The van der Waals surface area contributed by atoms with Gasteiger partial charge in [-0.25, -0.2) is 19.4 Å². The van der Waals surface area contributed by atoms with Gasteiger partial charge < -0.3 is 60.9 Å². The number of likely N-dealkylation sites (N-methyl/N-ethyl adjacent to an activating group) is 1. The predicted molar refractivity (Wildman–Crippen MR) is 266 cm³/mol. The second-order valence-corrected chi connectivity index (χ2v) is 20.0. The summed E-state index contributed by atoms with van der Waals surface area (Å²) in [7, 11) is 1.91. The Balaban J connectivity index is 1.15. The van der Waals surface area contributed by atoms with Gasteiger partial charge in [0.2, 0.25) is 23.8 Å². The fraction of sp³-hybridized carbons (Fsp3) is 0.500. The van der Waals surface area contributed by atoms with Crippen LogP contribution in [0.4, 0.5) is 20.1 Å². The summed E-state index contributed by atoms with van der Waals surface area (Å²) < 4.78 is 22.3. The highest BCUT2D eigenvalue weighted by Crippen LogP contribution is 2.42. The number of aliphatic hydroxyl groups excluding tert-OH is 1. The van der Waals surface area contributed by atoms with E-state index in [0.29, 0.717) is 38.2 Å². The number of ether oxygens (including phenoxy) is 4. The number of nitrogens with one attached hydrogen (secondary N) is 4. The van der Waals surface area contributed by atoms with Gasteiger partial charge in [0.15, 0.2) is 6.23 Å². The molecule has 2 aliphatic heterocycles. The molecule has 3 aromatic rings. The van der Waals surface area contributed by atoms with Crippen molar-refractivity contribution < 1.29 is 62.4 Å². The molecule has 22 nitrogen and oxygen atoms in total. The van der Waals surface area contributed by atoms with Crippen molar-refractivity contribution in [3.8, 4) is 10.4 Å². The lowest BCUT2D eigenvalue weighted by Crippen LogP contribution is -2.56. The summed E-state index contributed by atoms with van der Waals surface area (Å²) >= 11 is 1.47. The number of aryl methyl sites for hydroxylation is 1. The van der Waals surface area contributed by atoms with Crippen molar-refractivity contribution in [2.24, 2.45) is 11.1 Å². The molecule has 73 heavy (non-hydrogen) atoms. The number of piperazine rings is 1. The van der Waals surface area contributed by atoms with Gasteiger partial charge in [-0.05, 0) is 78.1 Å². The minimum atomic E-state index is -1.53. The first kappa shape index (κ1) is 55.2. The van der Waals surface area contributed by atoms with Crippen molar-refractivity contribution in [2.45, 2.75) is 102 Å². The molecule has 7 amide bonds. The third kappa shape index (κ3) is 14.5. The van der Waals surface area contributed by atoms with Gasteiger partial charge in [0.05, 0.1) is 22.6 Å². The number of primary amides is 1. The second kappa shape index (κ2) is 24.5. The molecule has 7 N–H and O–H groups in total. The van der Waals surface area contributed by atoms with Crippen molar-refractivity contribution in [1.82, 2.24) is 35.6 Å². The first-order valence-corrected chi connectivity index (χ1v) is 24.9. The molecule has 0 radical (unpaired) electrons. The average molecular weight is 1030 g/mol. The number of carbonyl (C=O) groups excluding carboxylic acids is 8. The van der Waals surface area contributed by atoms with Crippen molar-refractivity contribution in [3.63, 3.8) is 0 Å². The minimum absolute atomic E-state index is 0.0539. The summed E-state index contributed by atoms with van der Waals surface area (Å²) in [5.41, 5.74) is 7.11. The number of thiazole rings is 1.